The number of amides is 1. The molecule has 0 aliphatic carbocycles. The summed E-state index contributed by atoms with van der Waals surface area (Å²) >= 11 is 0. The lowest BCUT2D eigenvalue weighted by molar-refractivity contribution is -0.218. The Morgan fingerprint density at radius 1 is 0.932 bits per heavy atom. The molecule has 3 aromatic carbocycles. The minimum atomic E-state index is -3.08. The SMILES string of the molecule is COc1cc([C@H](CCc2ccccc2)[C@H](C)N(CC(=O)O)C(=O)[C@@H]2COC(C(=O)O)(C(=O)O)O2)ccc1Oc1ccccc1. The second-order valence-corrected chi connectivity index (χ2v) is 10.2. The fourth-order valence-electron chi connectivity index (χ4n) is 5.14. The van der Waals surface area contributed by atoms with E-state index in [0.717, 1.165) is 16.0 Å². The molecular weight excluding hydrogens is 574 g/mol. The van der Waals surface area contributed by atoms with Gasteiger partial charge in [0.05, 0.1) is 13.7 Å². The molecule has 0 unspecified atom stereocenters. The van der Waals surface area contributed by atoms with E-state index in [1.54, 1.807) is 31.2 Å². The molecule has 0 spiro atoms. The van der Waals surface area contributed by atoms with E-state index in [0.29, 0.717) is 30.1 Å². The van der Waals surface area contributed by atoms with Crippen molar-refractivity contribution in [1.82, 2.24) is 4.90 Å². The zero-order chi connectivity index (χ0) is 31.9. The molecule has 44 heavy (non-hydrogen) atoms. The minimum Gasteiger partial charge on any atom is -0.493 e. The summed E-state index contributed by atoms with van der Waals surface area (Å²) < 4.78 is 21.7. The second-order valence-electron chi connectivity index (χ2n) is 10.2. The summed E-state index contributed by atoms with van der Waals surface area (Å²) in [6.07, 6.45) is -0.595. The molecule has 0 radical (unpaired) electrons. The molecule has 232 valence electrons. The van der Waals surface area contributed by atoms with Crippen molar-refractivity contribution in [2.75, 3.05) is 20.3 Å². The fourth-order valence-corrected chi connectivity index (χ4v) is 5.14. The maximum atomic E-state index is 13.7. The number of nitrogens with zero attached hydrogens (tertiary/aromatic N) is 1. The lowest BCUT2D eigenvalue weighted by atomic mass is 9.85. The van der Waals surface area contributed by atoms with Gasteiger partial charge >= 0.3 is 23.7 Å². The first kappa shape index (κ1) is 32.0. The van der Waals surface area contributed by atoms with Gasteiger partial charge < -0.3 is 39.2 Å². The molecule has 0 saturated carbocycles. The smallest absolute Gasteiger partial charge is 0.377 e. The van der Waals surface area contributed by atoms with Crippen molar-refractivity contribution in [2.45, 2.75) is 43.6 Å². The van der Waals surface area contributed by atoms with Crippen LogP contribution in [0.2, 0.25) is 0 Å². The molecule has 0 bridgehead atoms. The van der Waals surface area contributed by atoms with Gasteiger partial charge in [0, 0.05) is 12.0 Å². The van der Waals surface area contributed by atoms with Crippen LogP contribution in [-0.2, 0) is 35.1 Å². The van der Waals surface area contributed by atoms with Crippen molar-refractivity contribution in [3.05, 3.63) is 90.0 Å². The first-order valence-corrected chi connectivity index (χ1v) is 13.8. The highest BCUT2D eigenvalue weighted by Gasteiger charge is 2.58. The van der Waals surface area contributed by atoms with Crippen molar-refractivity contribution >= 4 is 23.8 Å². The molecule has 3 aromatic rings. The minimum absolute atomic E-state index is 0.416. The van der Waals surface area contributed by atoms with Crippen molar-refractivity contribution in [1.29, 1.82) is 0 Å². The molecule has 3 atom stereocenters. The van der Waals surface area contributed by atoms with Crippen LogP contribution in [-0.4, -0.2) is 82.2 Å². The number of carbonyl (C=O) groups excluding carboxylic acids is 1. The first-order valence-electron chi connectivity index (χ1n) is 13.8. The largest absolute Gasteiger partial charge is 0.493 e. The third kappa shape index (κ3) is 7.16. The summed E-state index contributed by atoms with van der Waals surface area (Å²) in [6.45, 7) is 0.240. The number of aryl methyl sites for hydroxylation is 1. The zero-order valence-electron chi connectivity index (χ0n) is 24.1. The maximum Gasteiger partial charge on any atom is 0.377 e. The fraction of sp³-hybridized carbons (Fsp3) is 0.312. The monoisotopic (exact) mass is 607 g/mol. The average molecular weight is 608 g/mol. The number of methoxy groups -OCH3 is 1. The average Bonchev–Trinajstić information content (AvgIpc) is 3.49. The Bertz CT molecular complexity index is 1460. The Morgan fingerprint density at radius 2 is 1.57 bits per heavy atom. The number of rotatable bonds is 14. The van der Waals surface area contributed by atoms with Crippen LogP contribution in [0.25, 0.3) is 0 Å². The predicted molar refractivity (Wildman–Crippen MR) is 155 cm³/mol. The number of para-hydroxylation sites is 1. The van der Waals surface area contributed by atoms with Gasteiger partial charge in [-0.15, -0.1) is 0 Å². The van der Waals surface area contributed by atoms with Crippen LogP contribution in [0.3, 0.4) is 0 Å². The van der Waals surface area contributed by atoms with Crippen LogP contribution < -0.4 is 9.47 Å². The third-order valence-electron chi connectivity index (χ3n) is 7.42. The van der Waals surface area contributed by atoms with E-state index < -0.39 is 60.8 Å². The Hall–Kier alpha value is -4.94. The molecule has 1 amide bonds. The van der Waals surface area contributed by atoms with Crippen LogP contribution in [0.5, 0.6) is 17.2 Å². The van der Waals surface area contributed by atoms with Gasteiger partial charge in [-0.2, -0.15) is 0 Å². The van der Waals surface area contributed by atoms with Gasteiger partial charge in [-0.1, -0.05) is 54.6 Å². The van der Waals surface area contributed by atoms with Gasteiger partial charge in [-0.3, -0.25) is 9.59 Å². The summed E-state index contributed by atoms with van der Waals surface area (Å²) in [7, 11) is 1.49. The van der Waals surface area contributed by atoms with Crippen LogP contribution in [0.15, 0.2) is 78.9 Å². The number of carbonyl (C=O) groups is 4. The number of carboxylic acids is 3. The molecule has 1 aliphatic rings. The molecule has 1 aliphatic heterocycles. The normalized spacial score (nSPS) is 16.8. The van der Waals surface area contributed by atoms with Gasteiger partial charge in [0.15, 0.2) is 17.6 Å². The second kappa shape index (κ2) is 14.0. The molecule has 1 heterocycles. The number of hydrogen-bond donors (Lipinski definition) is 3. The van der Waals surface area contributed by atoms with Gasteiger partial charge in [-0.25, -0.2) is 9.59 Å². The third-order valence-corrected chi connectivity index (χ3v) is 7.42. The molecule has 12 nitrogen and oxygen atoms in total. The van der Waals surface area contributed by atoms with E-state index in [1.807, 2.05) is 54.6 Å². The van der Waals surface area contributed by atoms with Gasteiger partial charge in [0.25, 0.3) is 5.91 Å². The molecular formula is C32H33NO11. The van der Waals surface area contributed by atoms with E-state index >= 15 is 0 Å². The summed E-state index contributed by atoms with van der Waals surface area (Å²) in [5, 5.41) is 28.6. The summed E-state index contributed by atoms with van der Waals surface area (Å²) in [5.41, 5.74) is 1.75. The summed E-state index contributed by atoms with van der Waals surface area (Å²) in [5.74, 6) is -8.18. The molecule has 12 heteroatoms. The highest BCUT2D eigenvalue weighted by molar-refractivity contribution is 6.01. The van der Waals surface area contributed by atoms with Crippen LogP contribution in [0.4, 0.5) is 0 Å². The van der Waals surface area contributed by atoms with Crippen molar-refractivity contribution in [3.63, 3.8) is 0 Å². The Balaban J connectivity index is 1.68. The van der Waals surface area contributed by atoms with Crippen LogP contribution in [0.1, 0.15) is 30.4 Å². The molecule has 1 fully saturated rings. The Labute approximate surface area is 253 Å². The van der Waals surface area contributed by atoms with Crippen molar-refractivity contribution in [3.8, 4) is 17.2 Å². The van der Waals surface area contributed by atoms with Gasteiger partial charge in [0.1, 0.15) is 12.3 Å². The predicted octanol–water partition coefficient (Wildman–Crippen LogP) is 3.79. The van der Waals surface area contributed by atoms with E-state index in [1.165, 1.54) is 7.11 Å². The molecule has 4 rings (SSSR count). The topological polar surface area (TPSA) is 169 Å². The highest BCUT2D eigenvalue weighted by atomic mass is 16.8. The molecule has 0 aromatic heterocycles. The molecule has 1 saturated heterocycles. The highest BCUT2D eigenvalue weighted by Crippen LogP contribution is 2.38. The van der Waals surface area contributed by atoms with Gasteiger partial charge in [-0.05, 0) is 55.2 Å². The standard InChI is InChI=1S/C32H33NO11/c1-20(33(18-28(34)35)29(36)27-19-42-32(44-27,30(37)38)31(39)40)24(15-13-21-9-5-3-6-10-21)22-14-16-25(26(17-22)41-2)43-23-11-7-4-8-12-23/h3-12,14,16-17,20,24,27H,13,15,18-19H2,1-2H3,(H,34,35)(H,37,38)(H,39,40)/t20-,24+,27-/m0/s1. The zero-order valence-corrected chi connectivity index (χ0v) is 24.1. The van der Waals surface area contributed by atoms with Crippen LogP contribution >= 0.6 is 0 Å². The van der Waals surface area contributed by atoms with Crippen molar-refractivity contribution < 1.29 is 53.4 Å². The van der Waals surface area contributed by atoms with Crippen molar-refractivity contribution in [2.24, 2.45) is 0 Å². The lowest BCUT2D eigenvalue weighted by Gasteiger charge is -2.35. The Kier molecular flexibility index (Phi) is 10.2. The van der Waals surface area contributed by atoms with E-state index in [2.05, 4.69) is 0 Å². The van der Waals surface area contributed by atoms with E-state index in [-0.39, 0.29) is 0 Å². The Morgan fingerprint density at radius 3 is 2.14 bits per heavy atom. The quantitative estimate of drug-likeness (QED) is 0.228. The maximum absolute atomic E-state index is 13.7. The lowest BCUT2D eigenvalue weighted by Crippen LogP contribution is -2.52. The summed E-state index contributed by atoms with van der Waals surface area (Å²) in [6, 6.07) is 23.3. The molecule has 3 N–H and O–H groups in total. The number of ether oxygens (including phenoxy) is 4. The number of aliphatic carboxylic acids is 3. The summed E-state index contributed by atoms with van der Waals surface area (Å²) in [4.78, 5) is 50.0. The van der Waals surface area contributed by atoms with Crippen LogP contribution in [0, 0.1) is 0 Å². The van der Waals surface area contributed by atoms with Gasteiger partial charge in [0.2, 0.25) is 0 Å². The first-order chi connectivity index (χ1) is 21.1. The number of hydrogen-bond acceptors (Lipinski definition) is 8. The van der Waals surface area contributed by atoms with E-state index in [4.69, 9.17) is 18.9 Å². The number of benzene rings is 3. The van der Waals surface area contributed by atoms with E-state index in [9.17, 15) is 34.5 Å². The number of carboxylic acid groups (broad SMARTS) is 3.